The van der Waals surface area contributed by atoms with Crippen molar-refractivity contribution < 1.29 is 0 Å². The van der Waals surface area contributed by atoms with Crippen molar-refractivity contribution in [2.75, 3.05) is 0 Å². The highest BCUT2D eigenvalue weighted by molar-refractivity contribution is 5.91. The highest BCUT2D eigenvalue weighted by Gasteiger charge is 2.26. The van der Waals surface area contributed by atoms with Gasteiger partial charge in [-0.05, 0) is 49.7 Å². The summed E-state index contributed by atoms with van der Waals surface area (Å²) in [6, 6.07) is 10.7. The van der Waals surface area contributed by atoms with Crippen molar-refractivity contribution in [3.05, 3.63) is 30.3 Å². The Kier molecular flexibility index (Phi) is 6.10. The van der Waals surface area contributed by atoms with Gasteiger partial charge in [0.2, 0.25) is 0 Å². The third-order valence-corrected chi connectivity index (χ3v) is 5.56. The third-order valence-electron chi connectivity index (χ3n) is 5.56. The molecule has 0 unspecified atom stereocenters. The number of nitrogens with zero attached hydrogens (tertiary/aromatic N) is 1. The smallest absolute Gasteiger partial charge is 0.0629 e. The summed E-state index contributed by atoms with van der Waals surface area (Å²) >= 11 is 0. The molecule has 2 aliphatic carbocycles. The van der Waals surface area contributed by atoms with Crippen LogP contribution in [0.5, 0.6) is 0 Å². The summed E-state index contributed by atoms with van der Waals surface area (Å²) in [6.45, 7) is 0. The number of hydrogen-bond donors (Lipinski definition) is 0. The summed E-state index contributed by atoms with van der Waals surface area (Å²) in [5.41, 5.74) is 2.74. The first kappa shape index (κ1) is 15.8. The van der Waals surface area contributed by atoms with Crippen LogP contribution in [0.15, 0.2) is 35.3 Å². The summed E-state index contributed by atoms with van der Waals surface area (Å²) in [5.74, 6) is 1.51. The van der Waals surface area contributed by atoms with E-state index < -0.39 is 0 Å². The van der Waals surface area contributed by atoms with Gasteiger partial charge < -0.3 is 0 Å². The predicted octanol–water partition coefficient (Wildman–Crippen LogP) is 6.70. The molecule has 2 fully saturated rings. The van der Waals surface area contributed by atoms with E-state index >= 15 is 0 Å². The molecule has 2 aliphatic rings. The van der Waals surface area contributed by atoms with E-state index in [-0.39, 0.29) is 0 Å². The zero-order valence-electron chi connectivity index (χ0n) is 14.0. The molecule has 22 heavy (non-hydrogen) atoms. The van der Waals surface area contributed by atoms with Crippen molar-refractivity contribution in [1.29, 1.82) is 0 Å². The van der Waals surface area contributed by atoms with E-state index in [1.165, 1.54) is 82.7 Å². The van der Waals surface area contributed by atoms with Gasteiger partial charge in [0.25, 0.3) is 0 Å². The molecular formula is C21H31N. The Hall–Kier alpha value is -1.11. The van der Waals surface area contributed by atoms with Crippen LogP contribution in [0, 0.1) is 11.8 Å². The molecule has 0 aliphatic heterocycles. The first-order valence-corrected chi connectivity index (χ1v) is 9.57. The van der Waals surface area contributed by atoms with E-state index in [4.69, 9.17) is 4.99 Å². The molecule has 0 radical (unpaired) electrons. The number of aliphatic imine (C=N–C) groups is 1. The molecule has 0 atom stereocenters. The Morgan fingerprint density at radius 2 is 1.09 bits per heavy atom. The highest BCUT2D eigenvalue weighted by Crippen LogP contribution is 2.33. The summed E-state index contributed by atoms with van der Waals surface area (Å²) in [6.07, 6.45) is 16.9. The van der Waals surface area contributed by atoms with E-state index in [2.05, 4.69) is 30.3 Å². The van der Waals surface area contributed by atoms with Crippen LogP contribution in [0.2, 0.25) is 0 Å². The van der Waals surface area contributed by atoms with Gasteiger partial charge in [0.15, 0.2) is 0 Å². The molecule has 120 valence electrons. The van der Waals surface area contributed by atoms with Gasteiger partial charge >= 0.3 is 0 Å². The minimum Gasteiger partial charge on any atom is -0.257 e. The van der Waals surface area contributed by atoms with Crippen LogP contribution in [0.25, 0.3) is 0 Å². The number of para-hydroxylation sites is 1. The summed E-state index contributed by atoms with van der Waals surface area (Å²) in [5, 5.41) is 0. The van der Waals surface area contributed by atoms with Crippen LogP contribution in [-0.2, 0) is 0 Å². The molecule has 0 bridgehead atoms. The van der Waals surface area contributed by atoms with Crippen LogP contribution in [0.1, 0.15) is 77.0 Å². The molecule has 0 saturated heterocycles. The van der Waals surface area contributed by atoms with Crippen LogP contribution in [0.4, 0.5) is 5.69 Å². The molecule has 0 spiro atoms. The second-order valence-corrected chi connectivity index (χ2v) is 7.25. The Morgan fingerprint density at radius 3 is 1.55 bits per heavy atom. The van der Waals surface area contributed by atoms with Crippen LogP contribution < -0.4 is 0 Å². The van der Waals surface area contributed by atoms with Gasteiger partial charge in [0.05, 0.1) is 5.69 Å². The minimum atomic E-state index is 0.755. The standard InChI is InChI=1S/C21H31N/c1-2-7-13-18(12-6-1)21(19-14-8-3-4-9-15-19)22-20-16-10-5-11-17-20/h5,10-11,16-19H,1-4,6-9,12-15H2. The monoisotopic (exact) mass is 297 g/mol. The quantitative estimate of drug-likeness (QED) is 0.435. The molecule has 1 aromatic carbocycles. The molecule has 1 nitrogen and oxygen atoms in total. The van der Waals surface area contributed by atoms with Gasteiger partial charge in [-0.1, -0.05) is 69.6 Å². The highest BCUT2D eigenvalue weighted by atomic mass is 14.8. The Balaban J connectivity index is 1.84. The van der Waals surface area contributed by atoms with Crippen molar-refractivity contribution in [3.8, 4) is 0 Å². The van der Waals surface area contributed by atoms with E-state index in [0.29, 0.717) is 0 Å². The van der Waals surface area contributed by atoms with Gasteiger partial charge in [0.1, 0.15) is 0 Å². The Bertz CT molecular complexity index is 424. The predicted molar refractivity (Wildman–Crippen MR) is 95.9 cm³/mol. The van der Waals surface area contributed by atoms with Crippen LogP contribution >= 0.6 is 0 Å². The lowest BCUT2D eigenvalue weighted by atomic mass is 9.82. The maximum atomic E-state index is 5.21. The van der Waals surface area contributed by atoms with E-state index in [0.717, 1.165) is 11.8 Å². The number of benzene rings is 1. The zero-order chi connectivity index (χ0) is 15.0. The molecule has 0 aromatic heterocycles. The fourth-order valence-electron chi connectivity index (χ4n) is 4.32. The number of hydrogen-bond acceptors (Lipinski definition) is 1. The molecule has 2 saturated carbocycles. The van der Waals surface area contributed by atoms with E-state index in [1.807, 2.05) is 0 Å². The van der Waals surface area contributed by atoms with Gasteiger partial charge in [-0.15, -0.1) is 0 Å². The topological polar surface area (TPSA) is 12.4 Å². The fourth-order valence-corrected chi connectivity index (χ4v) is 4.32. The van der Waals surface area contributed by atoms with Gasteiger partial charge in [-0.2, -0.15) is 0 Å². The van der Waals surface area contributed by atoms with Crippen molar-refractivity contribution >= 4 is 11.4 Å². The summed E-state index contributed by atoms with van der Waals surface area (Å²) in [4.78, 5) is 5.21. The fraction of sp³-hybridized carbons (Fsp3) is 0.667. The van der Waals surface area contributed by atoms with Gasteiger partial charge in [-0.3, -0.25) is 4.99 Å². The summed E-state index contributed by atoms with van der Waals surface area (Å²) in [7, 11) is 0. The lowest BCUT2D eigenvalue weighted by Gasteiger charge is -2.25. The van der Waals surface area contributed by atoms with Crippen molar-refractivity contribution in [2.45, 2.75) is 77.0 Å². The molecule has 0 heterocycles. The first-order chi connectivity index (χ1) is 10.9. The Labute approximate surface area is 136 Å². The molecular weight excluding hydrogens is 266 g/mol. The van der Waals surface area contributed by atoms with Crippen LogP contribution in [0.3, 0.4) is 0 Å². The molecule has 0 amide bonds. The second-order valence-electron chi connectivity index (χ2n) is 7.25. The summed E-state index contributed by atoms with van der Waals surface area (Å²) < 4.78 is 0. The lowest BCUT2D eigenvalue weighted by Crippen LogP contribution is -2.23. The van der Waals surface area contributed by atoms with E-state index in [1.54, 1.807) is 5.71 Å². The van der Waals surface area contributed by atoms with Gasteiger partial charge in [0, 0.05) is 5.71 Å². The molecule has 0 N–H and O–H groups in total. The molecule has 1 heteroatoms. The molecule has 3 rings (SSSR count). The maximum absolute atomic E-state index is 5.21. The van der Waals surface area contributed by atoms with Gasteiger partial charge in [-0.25, -0.2) is 0 Å². The number of rotatable bonds is 3. The first-order valence-electron chi connectivity index (χ1n) is 9.57. The zero-order valence-corrected chi connectivity index (χ0v) is 14.0. The van der Waals surface area contributed by atoms with Crippen LogP contribution in [-0.4, -0.2) is 5.71 Å². The average molecular weight is 297 g/mol. The van der Waals surface area contributed by atoms with E-state index in [9.17, 15) is 0 Å². The average Bonchev–Trinajstić information content (AvgIpc) is 2.99. The Morgan fingerprint density at radius 1 is 0.636 bits per heavy atom. The maximum Gasteiger partial charge on any atom is 0.0629 e. The minimum absolute atomic E-state index is 0.755. The molecule has 1 aromatic rings. The van der Waals surface area contributed by atoms with Crippen molar-refractivity contribution in [3.63, 3.8) is 0 Å². The van der Waals surface area contributed by atoms with Crippen molar-refractivity contribution in [1.82, 2.24) is 0 Å². The van der Waals surface area contributed by atoms with Crippen molar-refractivity contribution in [2.24, 2.45) is 16.8 Å². The third kappa shape index (κ3) is 4.44. The SMILES string of the molecule is c1ccc(N=C(C2CCCCCC2)C2CCCCCC2)cc1. The second kappa shape index (κ2) is 8.50. The normalized spacial score (nSPS) is 21.8. The largest absolute Gasteiger partial charge is 0.257 e. The lowest BCUT2D eigenvalue weighted by molar-refractivity contribution is 0.513.